The third-order valence-electron chi connectivity index (χ3n) is 5.19. The van der Waals surface area contributed by atoms with E-state index in [-0.39, 0.29) is 11.8 Å². The standard InChI is InChI=1S/C23H24N4O3/c1-3-13-24-23(29)21-14(2)20-17(9-6-10-19(20)30-21)26-27-22(28)18-12-11-15-7-4-5-8-16(15)25-18/h4-5,7-8,11-12H,3,6,9-10,13H2,1-2H3,(H,24,29)(H,27,28)/b26-17+. The molecular formula is C23H24N4O3. The fourth-order valence-corrected chi connectivity index (χ4v) is 3.68. The van der Waals surface area contributed by atoms with Crippen LogP contribution in [0.2, 0.25) is 0 Å². The molecule has 7 nitrogen and oxygen atoms in total. The number of pyridine rings is 1. The Morgan fingerprint density at radius 2 is 1.97 bits per heavy atom. The van der Waals surface area contributed by atoms with Crippen LogP contribution in [0.4, 0.5) is 0 Å². The van der Waals surface area contributed by atoms with E-state index in [1.165, 1.54) is 0 Å². The molecule has 0 fully saturated rings. The first-order valence-electron chi connectivity index (χ1n) is 10.2. The van der Waals surface area contributed by atoms with E-state index < -0.39 is 0 Å². The quantitative estimate of drug-likeness (QED) is 0.633. The topological polar surface area (TPSA) is 96.6 Å². The van der Waals surface area contributed by atoms with Crippen molar-refractivity contribution in [2.45, 2.75) is 39.5 Å². The second kappa shape index (κ2) is 8.49. The molecule has 4 rings (SSSR count). The van der Waals surface area contributed by atoms with Crippen LogP contribution in [0.25, 0.3) is 10.9 Å². The molecule has 1 aromatic carbocycles. The smallest absolute Gasteiger partial charge is 0.289 e. The van der Waals surface area contributed by atoms with Gasteiger partial charge in [-0.05, 0) is 38.3 Å². The number of amides is 2. The second-order valence-electron chi connectivity index (χ2n) is 7.35. The Kier molecular flexibility index (Phi) is 5.61. The number of hydrazone groups is 1. The SMILES string of the molecule is CCCNC(=O)c1oc2c(c1C)/C(=N/NC(=O)c1ccc3ccccc3n1)CCC2. The lowest BCUT2D eigenvalue weighted by molar-refractivity contribution is 0.0921. The second-order valence-corrected chi connectivity index (χ2v) is 7.35. The minimum Gasteiger partial charge on any atom is -0.455 e. The summed E-state index contributed by atoms with van der Waals surface area (Å²) in [5.74, 6) is 0.484. The molecule has 0 aliphatic heterocycles. The molecule has 2 aromatic heterocycles. The first-order chi connectivity index (χ1) is 14.6. The summed E-state index contributed by atoms with van der Waals surface area (Å²) in [4.78, 5) is 29.4. The number of para-hydroxylation sites is 1. The number of benzene rings is 1. The molecule has 154 valence electrons. The highest BCUT2D eigenvalue weighted by atomic mass is 16.4. The average Bonchev–Trinajstić information content (AvgIpc) is 3.12. The Balaban J connectivity index is 1.57. The van der Waals surface area contributed by atoms with E-state index in [4.69, 9.17) is 4.42 Å². The van der Waals surface area contributed by atoms with Gasteiger partial charge >= 0.3 is 0 Å². The van der Waals surface area contributed by atoms with Gasteiger partial charge in [-0.3, -0.25) is 9.59 Å². The van der Waals surface area contributed by atoms with Gasteiger partial charge < -0.3 is 9.73 Å². The zero-order chi connectivity index (χ0) is 21.1. The minimum absolute atomic E-state index is 0.215. The number of carbonyl (C=O) groups excluding carboxylic acids is 2. The fraction of sp³-hybridized carbons (Fsp3) is 0.304. The van der Waals surface area contributed by atoms with Crippen molar-refractivity contribution in [1.29, 1.82) is 0 Å². The van der Waals surface area contributed by atoms with Crippen LogP contribution in [-0.4, -0.2) is 29.1 Å². The number of nitrogens with zero attached hydrogens (tertiary/aromatic N) is 2. The molecule has 1 aliphatic carbocycles. The molecule has 7 heteroatoms. The average molecular weight is 404 g/mol. The van der Waals surface area contributed by atoms with Crippen LogP contribution in [0.1, 0.15) is 64.1 Å². The molecule has 0 atom stereocenters. The summed E-state index contributed by atoms with van der Waals surface area (Å²) in [6, 6.07) is 11.2. The summed E-state index contributed by atoms with van der Waals surface area (Å²) in [5, 5.41) is 8.18. The van der Waals surface area contributed by atoms with Crippen molar-refractivity contribution in [3.05, 3.63) is 64.7 Å². The van der Waals surface area contributed by atoms with Gasteiger partial charge in [-0.2, -0.15) is 5.10 Å². The first-order valence-corrected chi connectivity index (χ1v) is 10.2. The third kappa shape index (κ3) is 3.83. The van der Waals surface area contributed by atoms with Gasteiger partial charge in [-0.1, -0.05) is 31.2 Å². The molecule has 2 N–H and O–H groups in total. The molecule has 3 aromatic rings. The molecule has 0 bridgehead atoms. The van der Waals surface area contributed by atoms with Gasteiger partial charge in [-0.25, -0.2) is 10.4 Å². The van der Waals surface area contributed by atoms with E-state index in [0.717, 1.165) is 52.8 Å². The fourth-order valence-electron chi connectivity index (χ4n) is 3.68. The third-order valence-corrected chi connectivity index (χ3v) is 5.19. The number of hydrogen-bond donors (Lipinski definition) is 2. The molecule has 2 amide bonds. The number of furan rings is 1. The highest BCUT2D eigenvalue weighted by Crippen LogP contribution is 2.29. The van der Waals surface area contributed by atoms with Gasteiger partial charge in [0.25, 0.3) is 11.8 Å². The summed E-state index contributed by atoms with van der Waals surface area (Å²) >= 11 is 0. The Labute approximate surface area is 174 Å². The summed E-state index contributed by atoms with van der Waals surface area (Å²) in [6.45, 7) is 4.45. The lowest BCUT2D eigenvalue weighted by atomic mass is 9.93. The summed E-state index contributed by atoms with van der Waals surface area (Å²) < 4.78 is 5.85. The van der Waals surface area contributed by atoms with E-state index in [9.17, 15) is 9.59 Å². The van der Waals surface area contributed by atoms with Crippen molar-refractivity contribution in [3.8, 4) is 0 Å². The molecule has 0 radical (unpaired) electrons. The zero-order valence-electron chi connectivity index (χ0n) is 17.1. The van der Waals surface area contributed by atoms with Crippen molar-refractivity contribution in [3.63, 3.8) is 0 Å². The van der Waals surface area contributed by atoms with E-state index in [1.54, 1.807) is 6.07 Å². The summed E-state index contributed by atoms with van der Waals surface area (Å²) in [5.41, 5.74) is 5.99. The maximum atomic E-state index is 12.6. The van der Waals surface area contributed by atoms with Crippen molar-refractivity contribution in [2.75, 3.05) is 6.54 Å². The van der Waals surface area contributed by atoms with Crippen LogP contribution in [0, 0.1) is 6.92 Å². The molecule has 30 heavy (non-hydrogen) atoms. The van der Waals surface area contributed by atoms with Gasteiger partial charge in [0.1, 0.15) is 11.5 Å². The van der Waals surface area contributed by atoms with Crippen LogP contribution >= 0.6 is 0 Å². The Bertz CT molecular complexity index is 1150. The minimum atomic E-state index is -0.373. The highest BCUT2D eigenvalue weighted by molar-refractivity contribution is 6.07. The van der Waals surface area contributed by atoms with Crippen molar-refractivity contribution >= 4 is 28.4 Å². The van der Waals surface area contributed by atoms with Gasteiger partial charge in [0.05, 0.1) is 11.2 Å². The molecule has 0 spiro atoms. The lowest BCUT2D eigenvalue weighted by Crippen LogP contribution is -2.24. The predicted molar refractivity (Wildman–Crippen MR) is 115 cm³/mol. The molecule has 2 heterocycles. The highest BCUT2D eigenvalue weighted by Gasteiger charge is 2.28. The maximum Gasteiger partial charge on any atom is 0.289 e. The Hall–Kier alpha value is -3.48. The number of aromatic nitrogens is 1. The largest absolute Gasteiger partial charge is 0.455 e. The van der Waals surface area contributed by atoms with Crippen LogP contribution in [-0.2, 0) is 6.42 Å². The van der Waals surface area contributed by atoms with E-state index in [0.29, 0.717) is 24.4 Å². The van der Waals surface area contributed by atoms with Crippen LogP contribution < -0.4 is 10.7 Å². The Morgan fingerprint density at radius 1 is 1.13 bits per heavy atom. The van der Waals surface area contributed by atoms with E-state index in [2.05, 4.69) is 20.8 Å². The van der Waals surface area contributed by atoms with Gasteiger partial charge in [0, 0.05) is 29.5 Å². The summed E-state index contributed by atoms with van der Waals surface area (Å²) in [6.07, 6.45) is 3.15. The summed E-state index contributed by atoms with van der Waals surface area (Å²) in [7, 11) is 0. The van der Waals surface area contributed by atoms with Crippen LogP contribution in [0.15, 0.2) is 45.9 Å². The maximum absolute atomic E-state index is 12.6. The molecule has 0 unspecified atom stereocenters. The number of fused-ring (bicyclic) bond motifs is 2. The normalized spacial score (nSPS) is 14.5. The molecule has 1 aliphatic rings. The van der Waals surface area contributed by atoms with Gasteiger partial charge in [-0.15, -0.1) is 0 Å². The zero-order valence-corrected chi connectivity index (χ0v) is 17.1. The monoisotopic (exact) mass is 404 g/mol. The predicted octanol–water partition coefficient (Wildman–Crippen LogP) is 3.75. The molecule has 0 saturated heterocycles. The van der Waals surface area contributed by atoms with Crippen LogP contribution in [0.5, 0.6) is 0 Å². The number of carbonyl (C=O) groups is 2. The van der Waals surface area contributed by atoms with Gasteiger partial charge in [0.2, 0.25) is 0 Å². The first kappa shape index (κ1) is 19.8. The van der Waals surface area contributed by atoms with Crippen molar-refractivity contribution in [1.82, 2.24) is 15.7 Å². The number of nitrogens with one attached hydrogen (secondary N) is 2. The van der Waals surface area contributed by atoms with Crippen molar-refractivity contribution in [2.24, 2.45) is 5.10 Å². The lowest BCUT2D eigenvalue weighted by Gasteiger charge is -2.13. The molecular weight excluding hydrogens is 380 g/mol. The van der Waals surface area contributed by atoms with Gasteiger partial charge in [0.15, 0.2) is 5.76 Å². The van der Waals surface area contributed by atoms with E-state index >= 15 is 0 Å². The molecule has 0 saturated carbocycles. The number of hydrogen-bond acceptors (Lipinski definition) is 5. The Morgan fingerprint density at radius 3 is 2.80 bits per heavy atom. The van der Waals surface area contributed by atoms with Crippen LogP contribution in [0.3, 0.4) is 0 Å². The van der Waals surface area contributed by atoms with Crippen molar-refractivity contribution < 1.29 is 14.0 Å². The number of rotatable bonds is 5. The van der Waals surface area contributed by atoms with E-state index in [1.807, 2.05) is 44.2 Å². The number of aryl methyl sites for hydroxylation is 1.